The second-order valence-corrected chi connectivity index (χ2v) is 9.30. The summed E-state index contributed by atoms with van der Waals surface area (Å²) in [5.41, 5.74) is 3.60. The van der Waals surface area contributed by atoms with E-state index in [9.17, 15) is 9.59 Å². The Labute approximate surface area is 212 Å². The molecule has 0 saturated carbocycles. The van der Waals surface area contributed by atoms with E-state index < -0.39 is 6.23 Å². The number of nitrogens with zero attached hydrogens (tertiary/aromatic N) is 6. The van der Waals surface area contributed by atoms with Gasteiger partial charge in [-0.05, 0) is 12.5 Å². The van der Waals surface area contributed by atoms with E-state index in [-0.39, 0.29) is 17.7 Å². The third kappa shape index (κ3) is 4.35. The summed E-state index contributed by atoms with van der Waals surface area (Å²) >= 11 is 1.49. The first-order valence-electron chi connectivity index (χ1n) is 11.6. The van der Waals surface area contributed by atoms with Crippen molar-refractivity contribution in [3.63, 3.8) is 0 Å². The minimum Gasteiger partial charge on any atom is -0.447 e. The molecule has 0 N–H and O–H groups in total. The molecule has 36 heavy (non-hydrogen) atoms. The van der Waals surface area contributed by atoms with Crippen molar-refractivity contribution in [2.45, 2.75) is 38.6 Å². The lowest BCUT2D eigenvalue weighted by molar-refractivity contribution is -0.118. The minimum absolute atomic E-state index is 0.247. The molecule has 5 rings (SSSR count). The third-order valence-electron chi connectivity index (χ3n) is 5.66. The van der Waals surface area contributed by atoms with Crippen LogP contribution in [0.25, 0.3) is 22.5 Å². The molecule has 0 bridgehead atoms. The summed E-state index contributed by atoms with van der Waals surface area (Å²) in [5.74, 6) is 0.594. The molecule has 1 aliphatic rings. The second-order valence-electron chi connectivity index (χ2n) is 8.24. The fourth-order valence-electron chi connectivity index (χ4n) is 4.06. The van der Waals surface area contributed by atoms with Crippen molar-refractivity contribution in [1.82, 2.24) is 25.0 Å². The number of carbonyl (C=O) groups is 2. The molecule has 10 heteroatoms. The Kier molecular flexibility index (Phi) is 6.51. The van der Waals surface area contributed by atoms with E-state index in [4.69, 9.17) is 4.74 Å². The van der Waals surface area contributed by atoms with Crippen LogP contribution in [0.2, 0.25) is 0 Å². The fourth-order valence-corrected chi connectivity index (χ4v) is 4.69. The molecule has 3 heterocycles. The van der Waals surface area contributed by atoms with Crippen LogP contribution in [-0.2, 0) is 4.79 Å². The van der Waals surface area contributed by atoms with Gasteiger partial charge >= 0.3 is 0 Å². The number of amides is 1. The zero-order valence-corrected chi connectivity index (χ0v) is 20.9. The largest absolute Gasteiger partial charge is 0.447 e. The van der Waals surface area contributed by atoms with E-state index >= 15 is 0 Å². The van der Waals surface area contributed by atoms with Gasteiger partial charge in [-0.2, -0.15) is 10.1 Å². The number of fused-ring (bicyclic) bond motifs is 3. The number of rotatable bonds is 5. The quantitative estimate of drug-likeness (QED) is 0.352. The van der Waals surface area contributed by atoms with E-state index in [1.165, 1.54) is 30.3 Å². The molecule has 2 aromatic heterocycles. The smallest absolute Gasteiger partial charge is 0.247 e. The molecule has 9 nitrogen and oxygen atoms in total. The summed E-state index contributed by atoms with van der Waals surface area (Å²) in [6.07, 6.45) is 1.62. The Balaban J connectivity index is 1.74. The topological polar surface area (TPSA) is 103 Å². The summed E-state index contributed by atoms with van der Waals surface area (Å²) < 4.78 is 7.75. The molecule has 0 saturated heterocycles. The maximum absolute atomic E-state index is 13.1. The van der Waals surface area contributed by atoms with E-state index in [2.05, 4.69) is 27.2 Å². The lowest BCUT2D eigenvalue weighted by Gasteiger charge is -2.29. The van der Waals surface area contributed by atoms with Gasteiger partial charge in [0.05, 0.1) is 11.3 Å². The second kappa shape index (κ2) is 9.90. The number of benzene rings is 2. The van der Waals surface area contributed by atoms with Crippen LogP contribution in [0.3, 0.4) is 0 Å². The zero-order chi connectivity index (χ0) is 25.2. The number of para-hydroxylation sites is 1. The third-order valence-corrected chi connectivity index (χ3v) is 6.71. The number of hydrogen-bond donors (Lipinski definition) is 0. The molecular formula is C26H24N6O3S. The van der Waals surface area contributed by atoms with Crippen molar-refractivity contribution in [1.29, 1.82) is 0 Å². The van der Waals surface area contributed by atoms with Gasteiger partial charge in [-0.3, -0.25) is 14.5 Å². The first-order chi connectivity index (χ1) is 17.5. The van der Waals surface area contributed by atoms with Crippen molar-refractivity contribution >= 4 is 29.3 Å². The summed E-state index contributed by atoms with van der Waals surface area (Å²) in [4.78, 5) is 31.6. The van der Waals surface area contributed by atoms with Crippen LogP contribution >= 0.6 is 11.8 Å². The van der Waals surface area contributed by atoms with Crippen LogP contribution in [-0.4, -0.2) is 42.5 Å². The predicted molar refractivity (Wildman–Crippen MR) is 137 cm³/mol. The highest BCUT2D eigenvalue weighted by molar-refractivity contribution is 7.99. The van der Waals surface area contributed by atoms with Crippen LogP contribution in [0.1, 0.15) is 43.8 Å². The summed E-state index contributed by atoms with van der Waals surface area (Å²) in [7, 11) is 0. The van der Waals surface area contributed by atoms with Gasteiger partial charge in [-0.25, -0.2) is 4.68 Å². The SMILES string of the molecule is CCCSc1nnc2c(n1)O[C@@H](c1cn(C(C)=O)nc1-c1ccccc1)N(C(C)=O)c1ccccc1-2. The Morgan fingerprint density at radius 2 is 1.72 bits per heavy atom. The highest BCUT2D eigenvalue weighted by Crippen LogP contribution is 2.44. The molecule has 1 aliphatic heterocycles. The molecular weight excluding hydrogens is 476 g/mol. The number of thioether (sulfide) groups is 1. The predicted octanol–water partition coefficient (Wildman–Crippen LogP) is 5.01. The lowest BCUT2D eigenvalue weighted by Crippen LogP contribution is -2.36. The molecule has 0 unspecified atom stereocenters. The van der Waals surface area contributed by atoms with Crippen LogP contribution in [0, 0.1) is 0 Å². The molecule has 1 amide bonds. The van der Waals surface area contributed by atoms with E-state index in [0.29, 0.717) is 33.4 Å². The van der Waals surface area contributed by atoms with Crippen LogP contribution in [0.5, 0.6) is 5.88 Å². The summed E-state index contributed by atoms with van der Waals surface area (Å²) in [5, 5.41) is 13.8. The van der Waals surface area contributed by atoms with Gasteiger partial charge in [0.1, 0.15) is 5.69 Å². The van der Waals surface area contributed by atoms with Gasteiger partial charge in [-0.1, -0.05) is 67.2 Å². The van der Waals surface area contributed by atoms with Gasteiger partial charge in [0, 0.05) is 36.9 Å². The maximum atomic E-state index is 13.1. The maximum Gasteiger partial charge on any atom is 0.247 e. The van der Waals surface area contributed by atoms with Crippen molar-refractivity contribution in [3.8, 4) is 28.4 Å². The van der Waals surface area contributed by atoms with E-state index in [1.54, 1.807) is 11.1 Å². The molecule has 0 spiro atoms. The van der Waals surface area contributed by atoms with Gasteiger partial charge in [0.2, 0.25) is 29.1 Å². The molecule has 1 atom stereocenters. The average molecular weight is 501 g/mol. The number of aromatic nitrogens is 5. The Bertz CT molecular complexity index is 1440. The number of carbonyl (C=O) groups excluding carboxylic acids is 2. The molecule has 182 valence electrons. The fraction of sp³-hybridized carbons (Fsp3) is 0.231. The van der Waals surface area contributed by atoms with Crippen LogP contribution in [0.15, 0.2) is 66.0 Å². The number of hydrogen-bond acceptors (Lipinski definition) is 8. The summed E-state index contributed by atoms with van der Waals surface area (Å²) in [6.45, 7) is 4.98. The number of anilines is 1. The molecule has 0 radical (unpaired) electrons. The van der Waals surface area contributed by atoms with Crippen LogP contribution in [0.4, 0.5) is 5.69 Å². The highest BCUT2D eigenvalue weighted by Gasteiger charge is 2.37. The van der Waals surface area contributed by atoms with E-state index in [1.807, 2.05) is 54.6 Å². The van der Waals surface area contributed by atoms with E-state index in [0.717, 1.165) is 17.7 Å². The molecule has 2 aromatic carbocycles. The Morgan fingerprint density at radius 3 is 2.44 bits per heavy atom. The molecule has 0 fully saturated rings. The minimum atomic E-state index is -0.950. The van der Waals surface area contributed by atoms with Crippen molar-refractivity contribution < 1.29 is 14.3 Å². The highest BCUT2D eigenvalue weighted by atomic mass is 32.2. The van der Waals surface area contributed by atoms with Gasteiger partial charge < -0.3 is 4.74 Å². The first-order valence-corrected chi connectivity index (χ1v) is 12.6. The zero-order valence-electron chi connectivity index (χ0n) is 20.1. The molecule has 4 aromatic rings. The first kappa shape index (κ1) is 23.7. The van der Waals surface area contributed by atoms with Gasteiger partial charge in [0.25, 0.3) is 0 Å². The van der Waals surface area contributed by atoms with Crippen molar-refractivity contribution in [2.24, 2.45) is 0 Å². The molecule has 0 aliphatic carbocycles. The van der Waals surface area contributed by atoms with Crippen LogP contribution < -0.4 is 9.64 Å². The number of ether oxygens (including phenoxy) is 1. The standard InChI is InChI=1S/C26H24N6O3S/c1-4-14-36-26-27-24-23(28-29-26)19-12-8-9-13-21(19)32(17(3)34)25(35-24)20-15-31(16(2)33)30-22(20)18-10-6-5-7-11-18/h5-13,15,25H,4,14H2,1-3H3/t25-/m0/s1. The summed E-state index contributed by atoms with van der Waals surface area (Å²) in [6, 6.07) is 16.9. The monoisotopic (exact) mass is 500 g/mol. The Hall–Kier alpha value is -4.05. The average Bonchev–Trinajstić information content (AvgIpc) is 3.28. The normalized spacial score (nSPS) is 14.4. The van der Waals surface area contributed by atoms with Gasteiger partial charge in [-0.15, -0.1) is 10.2 Å². The Morgan fingerprint density at radius 1 is 0.972 bits per heavy atom. The van der Waals surface area contributed by atoms with Gasteiger partial charge in [0.15, 0.2) is 5.69 Å². The van der Waals surface area contributed by atoms with Crippen molar-refractivity contribution in [3.05, 3.63) is 66.4 Å². The lowest BCUT2D eigenvalue weighted by atomic mass is 10.1. The van der Waals surface area contributed by atoms with Crippen molar-refractivity contribution in [2.75, 3.05) is 10.7 Å².